The molecular formula is C19H22ClNO3. The summed E-state index contributed by atoms with van der Waals surface area (Å²) in [4.78, 5) is 12.3. The molecule has 1 N–H and O–H groups in total. The number of halogens is 1. The smallest absolute Gasteiger partial charge is 0.251 e. The van der Waals surface area contributed by atoms with Gasteiger partial charge in [-0.1, -0.05) is 29.8 Å². The van der Waals surface area contributed by atoms with Crippen LogP contribution in [-0.2, 0) is 0 Å². The lowest BCUT2D eigenvalue weighted by atomic mass is 10.2. The Bertz CT molecular complexity index is 703. The second-order valence-electron chi connectivity index (χ2n) is 5.53. The van der Waals surface area contributed by atoms with Crippen molar-refractivity contribution in [1.82, 2.24) is 5.32 Å². The monoisotopic (exact) mass is 347 g/mol. The Kier molecular flexibility index (Phi) is 6.50. The van der Waals surface area contributed by atoms with Crippen LogP contribution in [0, 0.1) is 6.92 Å². The molecule has 0 aliphatic rings. The summed E-state index contributed by atoms with van der Waals surface area (Å²) in [5.74, 6) is 1.20. The van der Waals surface area contributed by atoms with Crippen molar-refractivity contribution in [3.05, 3.63) is 58.6 Å². The highest BCUT2D eigenvalue weighted by Crippen LogP contribution is 2.25. The van der Waals surface area contributed by atoms with E-state index in [4.69, 9.17) is 21.1 Å². The number of nitrogens with one attached hydrogen (secondary N) is 1. The lowest BCUT2D eigenvalue weighted by Gasteiger charge is -2.16. The molecule has 2 aromatic carbocycles. The van der Waals surface area contributed by atoms with Crippen LogP contribution in [0.5, 0.6) is 11.5 Å². The van der Waals surface area contributed by atoms with Gasteiger partial charge >= 0.3 is 0 Å². The average molecular weight is 348 g/mol. The standard InChI is InChI=1S/C19H22ClNO3/c1-4-23-18-10-9-15(11-16(18)20)19(22)21-14(3)12-24-17-8-6-5-7-13(17)2/h5-11,14H,4,12H2,1-3H3,(H,21,22)/t14-/m1/s1. The number of ether oxygens (including phenoxy) is 2. The third-order valence-electron chi connectivity index (χ3n) is 3.45. The highest BCUT2D eigenvalue weighted by atomic mass is 35.5. The fraction of sp³-hybridized carbons (Fsp3) is 0.316. The summed E-state index contributed by atoms with van der Waals surface area (Å²) in [6.45, 7) is 6.68. The van der Waals surface area contributed by atoms with Crippen molar-refractivity contribution in [1.29, 1.82) is 0 Å². The number of carbonyl (C=O) groups excluding carboxylic acids is 1. The van der Waals surface area contributed by atoms with Gasteiger partial charge in [0.05, 0.1) is 17.7 Å². The minimum Gasteiger partial charge on any atom is -0.492 e. The molecule has 1 atom stereocenters. The minimum absolute atomic E-state index is 0.137. The minimum atomic E-state index is -0.194. The van der Waals surface area contributed by atoms with Gasteiger partial charge in [-0.05, 0) is 50.6 Å². The molecule has 0 heterocycles. The van der Waals surface area contributed by atoms with E-state index in [-0.39, 0.29) is 11.9 Å². The van der Waals surface area contributed by atoms with Gasteiger partial charge in [0.25, 0.3) is 5.91 Å². The van der Waals surface area contributed by atoms with Gasteiger partial charge in [-0.3, -0.25) is 4.79 Å². The van der Waals surface area contributed by atoms with E-state index in [1.54, 1.807) is 18.2 Å². The average Bonchev–Trinajstić information content (AvgIpc) is 2.56. The van der Waals surface area contributed by atoms with Crippen LogP contribution >= 0.6 is 11.6 Å². The first-order chi connectivity index (χ1) is 11.5. The molecule has 2 rings (SSSR count). The second kappa shape index (κ2) is 8.60. The van der Waals surface area contributed by atoms with Crippen LogP contribution in [0.1, 0.15) is 29.8 Å². The number of carbonyl (C=O) groups is 1. The summed E-state index contributed by atoms with van der Waals surface area (Å²) < 4.78 is 11.1. The predicted molar refractivity (Wildman–Crippen MR) is 96.2 cm³/mol. The Morgan fingerprint density at radius 1 is 1.17 bits per heavy atom. The van der Waals surface area contributed by atoms with Crippen LogP contribution in [0.15, 0.2) is 42.5 Å². The Hall–Kier alpha value is -2.20. The van der Waals surface area contributed by atoms with Gasteiger partial charge in [-0.25, -0.2) is 0 Å². The molecule has 0 spiro atoms. The Morgan fingerprint density at radius 2 is 1.92 bits per heavy atom. The van der Waals surface area contributed by atoms with E-state index in [0.717, 1.165) is 11.3 Å². The van der Waals surface area contributed by atoms with Gasteiger partial charge in [0, 0.05) is 5.56 Å². The van der Waals surface area contributed by atoms with Gasteiger partial charge in [0.1, 0.15) is 18.1 Å². The lowest BCUT2D eigenvalue weighted by Crippen LogP contribution is -2.36. The third-order valence-corrected chi connectivity index (χ3v) is 3.75. The zero-order valence-corrected chi connectivity index (χ0v) is 14.9. The number of hydrogen-bond acceptors (Lipinski definition) is 3. The molecule has 0 aromatic heterocycles. The normalized spacial score (nSPS) is 11.7. The molecule has 5 heteroatoms. The Labute approximate surface area is 147 Å². The first-order valence-electron chi connectivity index (χ1n) is 7.93. The molecule has 0 unspecified atom stereocenters. The number of benzene rings is 2. The van der Waals surface area contributed by atoms with Crippen LogP contribution in [0.2, 0.25) is 5.02 Å². The number of rotatable bonds is 7. The predicted octanol–water partition coefficient (Wildman–Crippen LogP) is 4.24. The van der Waals surface area contributed by atoms with Crippen molar-refractivity contribution in [3.8, 4) is 11.5 Å². The molecule has 1 amide bonds. The van der Waals surface area contributed by atoms with Crippen molar-refractivity contribution in [3.63, 3.8) is 0 Å². The first kappa shape index (κ1) is 18.1. The van der Waals surface area contributed by atoms with Crippen molar-refractivity contribution in [2.45, 2.75) is 26.8 Å². The molecule has 0 saturated carbocycles. The second-order valence-corrected chi connectivity index (χ2v) is 5.94. The summed E-state index contributed by atoms with van der Waals surface area (Å²) in [6, 6.07) is 12.7. The maximum Gasteiger partial charge on any atom is 0.251 e. The fourth-order valence-corrected chi connectivity index (χ4v) is 2.43. The van der Waals surface area contributed by atoms with Gasteiger partial charge in [-0.15, -0.1) is 0 Å². The van der Waals surface area contributed by atoms with Crippen LogP contribution in [0.3, 0.4) is 0 Å². The Morgan fingerprint density at radius 3 is 2.58 bits per heavy atom. The van der Waals surface area contributed by atoms with E-state index >= 15 is 0 Å². The zero-order valence-electron chi connectivity index (χ0n) is 14.1. The largest absolute Gasteiger partial charge is 0.492 e. The molecule has 0 radical (unpaired) electrons. The van der Waals surface area contributed by atoms with Crippen molar-refractivity contribution in [2.75, 3.05) is 13.2 Å². The summed E-state index contributed by atoms with van der Waals surface area (Å²) >= 11 is 6.12. The molecule has 0 fully saturated rings. The number of hydrogen-bond donors (Lipinski definition) is 1. The SMILES string of the molecule is CCOc1ccc(C(=O)N[C@H](C)COc2ccccc2C)cc1Cl. The van der Waals surface area contributed by atoms with Crippen molar-refractivity contribution >= 4 is 17.5 Å². The molecule has 0 aliphatic heterocycles. The summed E-state index contributed by atoms with van der Waals surface area (Å²) in [5.41, 5.74) is 1.56. The third kappa shape index (κ3) is 4.90. The van der Waals surface area contributed by atoms with E-state index in [2.05, 4.69) is 5.32 Å². The van der Waals surface area contributed by atoms with E-state index in [1.165, 1.54) is 0 Å². The number of aryl methyl sites for hydroxylation is 1. The molecule has 24 heavy (non-hydrogen) atoms. The van der Waals surface area contributed by atoms with E-state index in [1.807, 2.05) is 45.0 Å². The fourth-order valence-electron chi connectivity index (χ4n) is 2.20. The summed E-state index contributed by atoms with van der Waals surface area (Å²) in [7, 11) is 0. The molecule has 0 saturated heterocycles. The Balaban J connectivity index is 1.91. The van der Waals surface area contributed by atoms with Crippen LogP contribution in [0.4, 0.5) is 0 Å². The zero-order chi connectivity index (χ0) is 17.5. The molecule has 128 valence electrons. The van der Waals surface area contributed by atoms with Gasteiger partial charge in [0.2, 0.25) is 0 Å². The topological polar surface area (TPSA) is 47.6 Å². The summed E-state index contributed by atoms with van der Waals surface area (Å²) in [5, 5.41) is 3.33. The van der Waals surface area contributed by atoms with E-state index in [0.29, 0.717) is 29.5 Å². The molecule has 4 nitrogen and oxygen atoms in total. The molecular weight excluding hydrogens is 326 g/mol. The van der Waals surface area contributed by atoms with Crippen molar-refractivity contribution in [2.24, 2.45) is 0 Å². The summed E-state index contributed by atoms with van der Waals surface area (Å²) in [6.07, 6.45) is 0. The van der Waals surface area contributed by atoms with E-state index in [9.17, 15) is 4.79 Å². The maximum atomic E-state index is 12.3. The first-order valence-corrected chi connectivity index (χ1v) is 8.30. The van der Waals surface area contributed by atoms with Crippen LogP contribution in [-0.4, -0.2) is 25.2 Å². The van der Waals surface area contributed by atoms with Gasteiger partial charge < -0.3 is 14.8 Å². The highest BCUT2D eigenvalue weighted by Gasteiger charge is 2.13. The number of para-hydroxylation sites is 1. The van der Waals surface area contributed by atoms with Gasteiger partial charge in [-0.2, -0.15) is 0 Å². The quantitative estimate of drug-likeness (QED) is 0.814. The molecule has 0 aliphatic carbocycles. The lowest BCUT2D eigenvalue weighted by molar-refractivity contribution is 0.0926. The maximum absolute atomic E-state index is 12.3. The van der Waals surface area contributed by atoms with E-state index < -0.39 is 0 Å². The highest BCUT2D eigenvalue weighted by molar-refractivity contribution is 6.32. The molecule has 0 bridgehead atoms. The number of amides is 1. The van der Waals surface area contributed by atoms with Gasteiger partial charge in [0.15, 0.2) is 0 Å². The van der Waals surface area contributed by atoms with Crippen LogP contribution in [0.25, 0.3) is 0 Å². The molecule has 2 aromatic rings. The van der Waals surface area contributed by atoms with Crippen molar-refractivity contribution < 1.29 is 14.3 Å². The van der Waals surface area contributed by atoms with Crippen LogP contribution < -0.4 is 14.8 Å².